The quantitative estimate of drug-likeness (QED) is 0.0196. The Labute approximate surface area is 389 Å². The number of hydrogen-bond donors (Lipinski definition) is 4. The minimum atomic E-state index is -4.61. The Morgan fingerprint density at radius 2 is 0.938 bits per heavy atom. The van der Waals surface area contributed by atoms with Gasteiger partial charge >= 0.3 is 11.9 Å². The van der Waals surface area contributed by atoms with Crippen LogP contribution in [0.3, 0.4) is 0 Å². The molecular formula is C51H92O12S. The molecule has 0 aromatic carbocycles. The molecule has 12 nitrogen and oxygen atoms in total. The molecule has 1 aliphatic rings. The van der Waals surface area contributed by atoms with Gasteiger partial charge in [-0.25, -0.2) is 0 Å². The highest BCUT2D eigenvalue weighted by Gasteiger charge is 2.46. The Morgan fingerprint density at radius 3 is 1.42 bits per heavy atom. The zero-order chi connectivity index (χ0) is 46.9. The maximum Gasteiger partial charge on any atom is 0.306 e. The molecule has 0 amide bonds. The molecule has 0 aromatic heterocycles. The molecule has 2 unspecified atom stereocenters. The lowest BCUT2D eigenvalue weighted by molar-refractivity contribution is -0.297. The molecule has 1 fully saturated rings. The third-order valence-corrected chi connectivity index (χ3v) is 12.4. The summed E-state index contributed by atoms with van der Waals surface area (Å²) < 4.78 is 54.2. The average Bonchev–Trinajstić information content (AvgIpc) is 3.26. The van der Waals surface area contributed by atoms with E-state index in [-0.39, 0.29) is 19.4 Å². The number of rotatable bonds is 43. The van der Waals surface area contributed by atoms with Crippen LogP contribution in [-0.2, 0) is 38.7 Å². The molecule has 1 rings (SSSR count). The molecule has 0 aliphatic carbocycles. The van der Waals surface area contributed by atoms with Crippen LogP contribution in [0, 0.1) is 0 Å². The third kappa shape index (κ3) is 35.1. The Bertz CT molecular complexity index is 1320. The molecule has 0 radical (unpaired) electrons. The second-order valence-electron chi connectivity index (χ2n) is 17.8. The van der Waals surface area contributed by atoms with E-state index in [1.54, 1.807) is 0 Å². The number of carbonyl (C=O) groups is 2. The summed E-state index contributed by atoms with van der Waals surface area (Å²) in [7, 11) is -4.61. The maximum absolute atomic E-state index is 12.9. The predicted octanol–water partition coefficient (Wildman–Crippen LogP) is 11.3. The Kier molecular flexibility index (Phi) is 38.4. The smallest absolute Gasteiger partial charge is 0.306 e. The largest absolute Gasteiger partial charge is 0.462 e. The molecule has 374 valence electrons. The van der Waals surface area contributed by atoms with E-state index >= 15 is 0 Å². The number of hydrogen-bond acceptors (Lipinski definition) is 11. The summed E-state index contributed by atoms with van der Waals surface area (Å²) in [5, 5.41) is 31.0. The second-order valence-corrected chi connectivity index (χ2v) is 19.3. The number of esters is 2. The fourth-order valence-electron chi connectivity index (χ4n) is 7.70. The summed E-state index contributed by atoms with van der Waals surface area (Å²) in [6, 6.07) is 0. The number of carbonyl (C=O) groups excluding carboxylic acids is 2. The second kappa shape index (κ2) is 41.1. The van der Waals surface area contributed by atoms with Crippen molar-refractivity contribution in [1.82, 2.24) is 0 Å². The topological polar surface area (TPSA) is 186 Å². The van der Waals surface area contributed by atoms with Gasteiger partial charge in [0.25, 0.3) is 10.1 Å². The van der Waals surface area contributed by atoms with Crippen molar-refractivity contribution in [3.63, 3.8) is 0 Å². The van der Waals surface area contributed by atoms with Crippen LogP contribution in [0.2, 0.25) is 0 Å². The molecule has 0 aromatic rings. The lowest BCUT2D eigenvalue weighted by Gasteiger charge is -2.40. The monoisotopic (exact) mass is 929 g/mol. The van der Waals surface area contributed by atoms with E-state index in [1.165, 1.54) is 116 Å². The predicted molar refractivity (Wildman–Crippen MR) is 256 cm³/mol. The van der Waals surface area contributed by atoms with Gasteiger partial charge in [-0.2, -0.15) is 8.42 Å². The minimum Gasteiger partial charge on any atom is -0.462 e. The fraction of sp³-hybridized carbons (Fsp3) is 0.843. The van der Waals surface area contributed by atoms with Gasteiger partial charge in [-0.05, 0) is 70.6 Å². The summed E-state index contributed by atoms with van der Waals surface area (Å²) in [6.07, 6.45) is 39.0. The highest BCUT2D eigenvalue weighted by molar-refractivity contribution is 7.85. The number of aliphatic hydroxyl groups excluding tert-OH is 3. The lowest BCUT2D eigenvalue weighted by atomic mass is 10.00. The molecule has 1 heterocycles. The molecule has 4 N–H and O–H groups in total. The highest BCUT2D eigenvalue weighted by Crippen LogP contribution is 2.24. The molecule has 13 heteroatoms. The summed E-state index contributed by atoms with van der Waals surface area (Å²) >= 11 is 0. The van der Waals surface area contributed by atoms with E-state index in [0.717, 1.165) is 64.2 Å². The van der Waals surface area contributed by atoms with Crippen molar-refractivity contribution in [3.8, 4) is 0 Å². The van der Waals surface area contributed by atoms with Crippen molar-refractivity contribution in [1.29, 1.82) is 0 Å². The van der Waals surface area contributed by atoms with Crippen molar-refractivity contribution >= 4 is 22.1 Å². The van der Waals surface area contributed by atoms with Crippen molar-refractivity contribution < 1.29 is 56.8 Å². The normalized spacial score (nSPS) is 19.9. The van der Waals surface area contributed by atoms with Crippen LogP contribution in [-0.4, -0.2) is 96.0 Å². The van der Waals surface area contributed by atoms with Gasteiger partial charge in [-0.15, -0.1) is 0 Å². The van der Waals surface area contributed by atoms with Crippen LogP contribution in [0.15, 0.2) is 36.5 Å². The van der Waals surface area contributed by atoms with E-state index < -0.39 is 71.2 Å². The van der Waals surface area contributed by atoms with Crippen LogP contribution in [0.4, 0.5) is 0 Å². The molecule has 64 heavy (non-hydrogen) atoms. The maximum atomic E-state index is 12.9. The van der Waals surface area contributed by atoms with Crippen LogP contribution in [0.25, 0.3) is 0 Å². The Balaban J connectivity index is 2.37. The molecule has 0 saturated carbocycles. The minimum absolute atomic E-state index is 0.161. The van der Waals surface area contributed by atoms with E-state index in [4.69, 9.17) is 18.9 Å². The highest BCUT2D eigenvalue weighted by atomic mass is 32.2. The van der Waals surface area contributed by atoms with Crippen LogP contribution < -0.4 is 0 Å². The average molecular weight is 929 g/mol. The lowest BCUT2D eigenvalue weighted by Crippen LogP contribution is -2.60. The molecule has 1 saturated heterocycles. The van der Waals surface area contributed by atoms with Gasteiger partial charge in [-0.1, -0.05) is 172 Å². The molecule has 6 atom stereocenters. The van der Waals surface area contributed by atoms with Crippen molar-refractivity contribution in [2.45, 2.75) is 256 Å². The van der Waals surface area contributed by atoms with Gasteiger partial charge in [0.1, 0.15) is 36.8 Å². The summed E-state index contributed by atoms with van der Waals surface area (Å²) in [6.45, 7) is 3.74. The van der Waals surface area contributed by atoms with Gasteiger partial charge in [0.2, 0.25) is 0 Å². The van der Waals surface area contributed by atoms with Crippen molar-refractivity contribution in [2.75, 3.05) is 19.0 Å². The van der Waals surface area contributed by atoms with Gasteiger partial charge < -0.3 is 34.3 Å². The van der Waals surface area contributed by atoms with Gasteiger partial charge in [0.05, 0.1) is 6.61 Å². The molecule has 0 bridgehead atoms. The van der Waals surface area contributed by atoms with Crippen LogP contribution in [0.5, 0.6) is 0 Å². The molecular weight excluding hydrogens is 837 g/mol. The molecule has 1 aliphatic heterocycles. The van der Waals surface area contributed by atoms with E-state index in [1.807, 2.05) is 0 Å². The first-order valence-corrected chi connectivity index (χ1v) is 27.2. The zero-order valence-electron chi connectivity index (χ0n) is 40.1. The third-order valence-electron chi connectivity index (χ3n) is 11.7. The number of allylic oxidation sites excluding steroid dienone is 6. The van der Waals surface area contributed by atoms with Crippen LogP contribution in [0.1, 0.15) is 219 Å². The van der Waals surface area contributed by atoms with Gasteiger partial charge in [-0.3, -0.25) is 14.1 Å². The summed E-state index contributed by atoms with van der Waals surface area (Å²) in [4.78, 5) is 25.5. The van der Waals surface area contributed by atoms with E-state index in [9.17, 15) is 37.9 Å². The zero-order valence-corrected chi connectivity index (χ0v) is 41.0. The van der Waals surface area contributed by atoms with Crippen molar-refractivity contribution in [3.05, 3.63) is 36.5 Å². The Hall–Kier alpha value is -2.13. The first-order valence-electron chi connectivity index (χ1n) is 25.5. The SMILES string of the molecule is CCCCC/C=C/C/C=C/CCCCCCCC(=O)OC[C@H](CO[C@H]1O[C@H](CS(=O)(=O)O)[C@@H](O)C(O)C1O)OC(=O)CCCCCCCCCCCCC/C=C/CCCCCCCC. The van der Waals surface area contributed by atoms with E-state index in [2.05, 4.69) is 50.3 Å². The van der Waals surface area contributed by atoms with Gasteiger partial charge in [0.15, 0.2) is 12.4 Å². The Morgan fingerprint density at radius 1 is 0.531 bits per heavy atom. The standard InChI is InChI=1S/C51H92O12S/c1-3-5-7-9-11-13-15-17-19-20-21-22-23-24-26-28-30-32-34-36-38-40-47(53)62-44(42-61-51-50(56)49(55)48(54)45(63-51)43-64(57,58)59)41-60-46(52)39-37-35-33-31-29-27-25-18-16-14-12-10-8-6-4-2/h12,14,17-19,25,44-45,48-51,54-56H,3-11,13,15-16,20-24,26-43H2,1-2H3,(H,57,58,59)/b14-12+,19-17+,25-18+/t44-,45-,48-,49?,50?,51+/m1/s1. The van der Waals surface area contributed by atoms with E-state index in [0.29, 0.717) is 12.8 Å². The molecule has 0 spiro atoms. The first-order chi connectivity index (χ1) is 31.0. The summed E-state index contributed by atoms with van der Waals surface area (Å²) in [5.41, 5.74) is 0. The van der Waals surface area contributed by atoms with Crippen molar-refractivity contribution in [2.24, 2.45) is 0 Å². The number of unbranched alkanes of at least 4 members (excludes halogenated alkanes) is 25. The number of ether oxygens (including phenoxy) is 4. The first kappa shape index (κ1) is 59.9. The fourth-order valence-corrected chi connectivity index (χ4v) is 8.39. The summed E-state index contributed by atoms with van der Waals surface area (Å²) in [5.74, 6) is -2.00. The van der Waals surface area contributed by atoms with Crippen LogP contribution >= 0.6 is 0 Å². The van der Waals surface area contributed by atoms with Gasteiger partial charge in [0, 0.05) is 12.8 Å². The number of aliphatic hydroxyl groups is 3.